The highest BCUT2D eigenvalue weighted by molar-refractivity contribution is 5.16. The highest BCUT2D eigenvalue weighted by Gasteiger charge is 2.22. The maximum absolute atomic E-state index is 12.7. The fourth-order valence-electron chi connectivity index (χ4n) is 1.97. The molecule has 1 rings (SSSR count). The van der Waals surface area contributed by atoms with Crippen LogP contribution in [0.2, 0.25) is 0 Å². The lowest BCUT2D eigenvalue weighted by atomic mass is 9.83. The van der Waals surface area contributed by atoms with Crippen LogP contribution in [0.25, 0.3) is 0 Å². The number of rotatable bonds is 4. The number of nitrogens with one attached hydrogen (secondary N) is 1. The van der Waals surface area contributed by atoms with Crippen molar-refractivity contribution in [2.45, 2.75) is 39.7 Å². The lowest BCUT2D eigenvalue weighted by Crippen LogP contribution is -2.38. The van der Waals surface area contributed by atoms with E-state index in [1.54, 1.807) is 0 Å². The van der Waals surface area contributed by atoms with E-state index >= 15 is 0 Å². The fourth-order valence-corrected chi connectivity index (χ4v) is 1.97. The summed E-state index contributed by atoms with van der Waals surface area (Å²) in [5.74, 6) is -0.162. The molecule has 1 unspecified atom stereocenters. The number of benzene rings is 1. The summed E-state index contributed by atoms with van der Waals surface area (Å²) in [4.78, 5) is 0. The molecule has 0 fully saturated rings. The second-order valence-electron chi connectivity index (χ2n) is 5.37. The van der Waals surface area contributed by atoms with Gasteiger partial charge in [-0.1, -0.05) is 32.9 Å². The van der Waals surface area contributed by atoms with Crippen LogP contribution in [0, 0.1) is 11.2 Å². The first kappa shape index (κ1) is 13.2. The first-order valence-electron chi connectivity index (χ1n) is 5.85. The van der Waals surface area contributed by atoms with Gasteiger partial charge in [0.1, 0.15) is 5.82 Å². The van der Waals surface area contributed by atoms with Crippen LogP contribution in [0.3, 0.4) is 0 Å². The summed E-state index contributed by atoms with van der Waals surface area (Å²) in [7, 11) is 2.00. The van der Waals surface area contributed by atoms with Gasteiger partial charge in [-0.2, -0.15) is 0 Å². The van der Waals surface area contributed by atoms with Crippen LogP contribution in [-0.2, 0) is 6.42 Å². The van der Waals surface area contributed by atoms with Crippen LogP contribution < -0.4 is 5.32 Å². The van der Waals surface area contributed by atoms with E-state index in [9.17, 15) is 4.39 Å². The van der Waals surface area contributed by atoms with Gasteiger partial charge in [-0.15, -0.1) is 0 Å². The molecule has 0 heterocycles. The number of halogens is 1. The predicted octanol–water partition coefficient (Wildman–Crippen LogP) is 3.39. The van der Waals surface area contributed by atoms with Crippen molar-refractivity contribution < 1.29 is 4.39 Å². The van der Waals surface area contributed by atoms with Crippen LogP contribution in [-0.4, -0.2) is 13.1 Å². The Morgan fingerprint density at radius 1 is 1.19 bits per heavy atom. The molecule has 0 aromatic heterocycles. The molecule has 1 nitrogen and oxygen atoms in total. The van der Waals surface area contributed by atoms with E-state index in [0.29, 0.717) is 6.04 Å². The number of hydrogen-bond donors (Lipinski definition) is 1. The molecular weight excluding hydrogens is 201 g/mol. The lowest BCUT2D eigenvalue weighted by Gasteiger charge is -2.30. The van der Waals surface area contributed by atoms with Crippen LogP contribution in [0.1, 0.15) is 32.8 Å². The molecule has 1 N–H and O–H groups in total. The molecule has 0 bridgehead atoms. The minimum atomic E-state index is -0.162. The third kappa shape index (κ3) is 3.93. The molecule has 1 aromatic rings. The molecule has 0 saturated heterocycles. The monoisotopic (exact) mass is 223 g/mol. The summed E-state index contributed by atoms with van der Waals surface area (Å²) in [6, 6.07) is 7.27. The van der Waals surface area contributed by atoms with Gasteiger partial charge in [0.2, 0.25) is 0 Å². The molecule has 0 spiro atoms. The van der Waals surface area contributed by atoms with E-state index in [4.69, 9.17) is 0 Å². The van der Waals surface area contributed by atoms with Gasteiger partial charge in [0.15, 0.2) is 0 Å². The zero-order chi connectivity index (χ0) is 12.2. The van der Waals surface area contributed by atoms with Crippen molar-refractivity contribution in [3.05, 3.63) is 35.6 Å². The molecule has 16 heavy (non-hydrogen) atoms. The Balaban J connectivity index is 2.53. The maximum atomic E-state index is 12.7. The van der Waals surface area contributed by atoms with E-state index in [1.165, 1.54) is 17.7 Å². The largest absolute Gasteiger partial charge is 0.316 e. The summed E-state index contributed by atoms with van der Waals surface area (Å²) < 4.78 is 12.7. The summed E-state index contributed by atoms with van der Waals surface area (Å²) in [6.45, 7) is 6.70. The molecule has 0 amide bonds. The standard InChI is InChI=1S/C14H22FN/c1-14(2,3)13(16-4)10-7-11-5-8-12(15)9-6-11/h5-6,8-9,13,16H,7,10H2,1-4H3. The fraction of sp³-hybridized carbons (Fsp3) is 0.571. The van der Waals surface area contributed by atoms with Crippen LogP contribution >= 0.6 is 0 Å². The van der Waals surface area contributed by atoms with Crippen molar-refractivity contribution in [2.24, 2.45) is 5.41 Å². The minimum Gasteiger partial charge on any atom is -0.316 e. The molecule has 0 aliphatic carbocycles. The van der Waals surface area contributed by atoms with E-state index in [0.717, 1.165) is 12.8 Å². The Morgan fingerprint density at radius 3 is 2.19 bits per heavy atom. The van der Waals surface area contributed by atoms with Gasteiger partial charge in [-0.25, -0.2) is 4.39 Å². The highest BCUT2D eigenvalue weighted by Crippen LogP contribution is 2.22. The number of aryl methyl sites for hydroxylation is 1. The van der Waals surface area contributed by atoms with Gasteiger partial charge in [-0.05, 0) is 43.0 Å². The quantitative estimate of drug-likeness (QED) is 0.825. The van der Waals surface area contributed by atoms with Gasteiger partial charge in [0.05, 0.1) is 0 Å². The average Bonchev–Trinajstić information content (AvgIpc) is 2.19. The van der Waals surface area contributed by atoms with E-state index < -0.39 is 0 Å². The summed E-state index contributed by atoms with van der Waals surface area (Å²) in [6.07, 6.45) is 2.06. The average molecular weight is 223 g/mol. The minimum absolute atomic E-state index is 0.162. The Labute approximate surface area is 98.1 Å². The summed E-state index contributed by atoms with van der Waals surface area (Å²) >= 11 is 0. The molecule has 2 heteroatoms. The van der Waals surface area contributed by atoms with E-state index in [2.05, 4.69) is 26.1 Å². The van der Waals surface area contributed by atoms with Crippen LogP contribution in [0.4, 0.5) is 4.39 Å². The maximum Gasteiger partial charge on any atom is 0.123 e. The van der Waals surface area contributed by atoms with Crippen molar-refractivity contribution in [1.29, 1.82) is 0 Å². The van der Waals surface area contributed by atoms with Crippen molar-refractivity contribution in [1.82, 2.24) is 5.32 Å². The zero-order valence-corrected chi connectivity index (χ0v) is 10.7. The van der Waals surface area contributed by atoms with Gasteiger partial charge < -0.3 is 5.32 Å². The first-order valence-corrected chi connectivity index (χ1v) is 5.85. The Bertz CT molecular complexity index is 311. The third-order valence-electron chi connectivity index (χ3n) is 3.03. The molecule has 90 valence electrons. The van der Waals surface area contributed by atoms with Crippen LogP contribution in [0.5, 0.6) is 0 Å². The Kier molecular flexibility index (Phi) is 4.48. The highest BCUT2D eigenvalue weighted by atomic mass is 19.1. The van der Waals surface area contributed by atoms with Crippen molar-refractivity contribution in [2.75, 3.05) is 7.05 Å². The van der Waals surface area contributed by atoms with Gasteiger partial charge in [-0.3, -0.25) is 0 Å². The van der Waals surface area contributed by atoms with Gasteiger partial charge in [0.25, 0.3) is 0 Å². The molecule has 0 aliphatic heterocycles. The molecule has 1 atom stereocenters. The smallest absolute Gasteiger partial charge is 0.123 e. The van der Waals surface area contributed by atoms with Crippen molar-refractivity contribution in [3.8, 4) is 0 Å². The molecular formula is C14H22FN. The predicted molar refractivity (Wildman–Crippen MR) is 67.0 cm³/mol. The first-order chi connectivity index (χ1) is 7.43. The van der Waals surface area contributed by atoms with E-state index in [1.807, 2.05) is 19.2 Å². The Hall–Kier alpha value is -0.890. The summed E-state index contributed by atoms with van der Waals surface area (Å²) in [5.41, 5.74) is 1.46. The van der Waals surface area contributed by atoms with Crippen molar-refractivity contribution in [3.63, 3.8) is 0 Å². The SMILES string of the molecule is CNC(CCc1ccc(F)cc1)C(C)(C)C. The van der Waals surface area contributed by atoms with Crippen LogP contribution in [0.15, 0.2) is 24.3 Å². The topological polar surface area (TPSA) is 12.0 Å². The molecule has 1 aromatic carbocycles. The normalized spacial score (nSPS) is 13.8. The second kappa shape index (κ2) is 5.44. The number of hydrogen-bond acceptors (Lipinski definition) is 1. The molecule has 0 radical (unpaired) electrons. The molecule has 0 aliphatic rings. The third-order valence-corrected chi connectivity index (χ3v) is 3.03. The lowest BCUT2D eigenvalue weighted by molar-refractivity contribution is 0.268. The zero-order valence-electron chi connectivity index (χ0n) is 10.7. The van der Waals surface area contributed by atoms with E-state index in [-0.39, 0.29) is 11.2 Å². The summed E-state index contributed by atoms with van der Waals surface area (Å²) in [5, 5.41) is 3.35. The van der Waals surface area contributed by atoms with Crippen molar-refractivity contribution >= 4 is 0 Å². The second-order valence-corrected chi connectivity index (χ2v) is 5.37. The molecule has 0 saturated carbocycles. The van der Waals surface area contributed by atoms with Gasteiger partial charge >= 0.3 is 0 Å². The Morgan fingerprint density at radius 2 is 1.75 bits per heavy atom. The van der Waals surface area contributed by atoms with Gasteiger partial charge in [0, 0.05) is 6.04 Å².